The Balaban J connectivity index is 0.00000280. The lowest BCUT2D eigenvalue weighted by molar-refractivity contribution is 0.396. The Labute approximate surface area is 187 Å². The number of aryl methyl sites for hydroxylation is 2. The quantitative estimate of drug-likeness (QED) is 0.364. The molecule has 0 spiro atoms. The molecule has 28 heavy (non-hydrogen) atoms. The predicted molar refractivity (Wildman–Crippen MR) is 121 cm³/mol. The average Bonchev–Trinajstić information content (AvgIpc) is 2.99. The maximum atomic E-state index is 13.3. The van der Waals surface area contributed by atoms with Crippen molar-refractivity contribution in [1.29, 1.82) is 0 Å². The van der Waals surface area contributed by atoms with Gasteiger partial charge in [0.25, 0.3) is 0 Å². The van der Waals surface area contributed by atoms with Crippen molar-refractivity contribution in [3.63, 3.8) is 0 Å². The Morgan fingerprint density at radius 3 is 2.86 bits per heavy atom. The lowest BCUT2D eigenvalue weighted by atomic mass is 9.84. The predicted octanol–water partition coefficient (Wildman–Crippen LogP) is 3.97. The van der Waals surface area contributed by atoms with Crippen molar-refractivity contribution < 1.29 is 4.39 Å². The number of nitrogens with zero attached hydrogens (tertiary/aromatic N) is 4. The van der Waals surface area contributed by atoms with Crippen LogP contribution in [0.1, 0.15) is 49.9 Å². The highest BCUT2D eigenvalue weighted by Crippen LogP contribution is 2.30. The van der Waals surface area contributed by atoms with Crippen LogP contribution in [0.25, 0.3) is 0 Å². The number of fused-ring (bicyclic) bond motifs is 1. The van der Waals surface area contributed by atoms with Gasteiger partial charge in [-0.2, -0.15) is 5.10 Å². The normalized spacial score (nSPS) is 16.9. The number of nitrogens with one attached hydrogen (secondary N) is 2. The van der Waals surface area contributed by atoms with Crippen LogP contribution in [0.2, 0.25) is 5.02 Å². The number of benzene rings is 1. The van der Waals surface area contributed by atoms with Crippen LogP contribution in [-0.4, -0.2) is 34.3 Å². The fourth-order valence-corrected chi connectivity index (χ4v) is 3.83. The maximum Gasteiger partial charge on any atom is 0.191 e. The molecule has 3 rings (SSSR count). The molecule has 0 bridgehead atoms. The summed E-state index contributed by atoms with van der Waals surface area (Å²) in [5.74, 6) is 2.10. The van der Waals surface area contributed by atoms with Gasteiger partial charge in [-0.05, 0) is 37.5 Å². The molecule has 0 aliphatic carbocycles. The van der Waals surface area contributed by atoms with E-state index in [9.17, 15) is 4.39 Å². The zero-order valence-corrected chi connectivity index (χ0v) is 19.7. The highest BCUT2D eigenvalue weighted by molar-refractivity contribution is 14.0. The third-order valence-corrected chi connectivity index (χ3v) is 5.19. The van der Waals surface area contributed by atoms with Gasteiger partial charge in [0.1, 0.15) is 17.5 Å². The van der Waals surface area contributed by atoms with E-state index in [0.29, 0.717) is 17.5 Å². The second-order valence-electron chi connectivity index (χ2n) is 7.51. The van der Waals surface area contributed by atoms with Crippen LogP contribution in [0.5, 0.6) is 0 Å². The summed E-state index contributed by atoms with van der Waals surface area (Å²) in [5.41, 5.74) is 0.590. The number of hydrogen-bond donors (Lipinski definition) is 2. The standard InChI is InChI=1S/C19H26ClFN6.HI/c1-12-24-17-16(6-5-9-27(17)26-12)25-18(22-4)23-11-19(2,3)14-8-7-13(21)10-15(14)20;/h7-8,10,16H,5-6,9,11H2,1-4H3,(H2,22,23,25);1H. The van der Waals surface area contributed by atoms with E-state index in [4.69, 9.17) is 11.6 Å². The highest BCUT2D eigenvalue weighted by atomic mass is 127. The van der Waals surface area contributed by atoms with Crippen molar-refractivity contribution in [2.45, 2.75) is 51.6 Å². The first kappa shape index (κ1) is 22.9. The molecular formula is C19H27ClFIN6. The number of halogens is 3. The Bertz CT molecular complexity index is 851. The first-order valence-electron chi connectivity index (χ1n) is 9.14. The van der Waals surface area contributed by atoms with E-state index in [1.807, 2.05) is 11.6 Å². The van der Waals surface area contributed by atoms with Gasteiger partial charge >= 0.3 is 0 Å². The molecule has 1 aromatic carbocycles. The molecule has 0 amide bonds. The molecule has 0 saturated heterocycles. The fourth-order valence-electron chi connectivity index (χ4n) is 3.40. The van der Waals surface area contributed by atoms with E-state index in [1.165, 1.54) is 12.1 Å². The first-order chi connectivity index (χ1) is 12.8. The lowest BCUT2D eigenvalue weighted by Crippen LogP contribution is -2.45. The van der Waals surface area contributed by atoms with Gasteiger partial charge in [-0.15, -0.1) is 24.0 Å². The summed E-state index contributed by atoms with van der Waals surface area (Å²) in [5, 5.41) is 11.7. The average molecular weight is 521 g/mol. The Morgan fingerprint density at radius 2 is 2.18 bits per heavy atom. The molecule has 2 heterocycles. The molecule has 2 N–H and O–H groups in total. The summed E-state index contributed by atoms with van der Waals surface area (Å²) in [6.07, 6.45) is 2.02. The molecule has 0 fully saturated rings. The van der Waals surface area contributed by atoms with E-state index in [-0.39, 0.29) is 41.3 Å². The minimum absolute atomic E-state index is 0. The van der Waals surface area contributed by atoms with Crippen molar-refractivity contribution in [2.24, 2.45) is 4.99 Å². The maximum absolute atomic E-state index is 13.3. The van der Waals surface area contributed by atoms with Crippen LogP contribution >= 0.6 is 35.6 Å². The second kappa shape index (κ2) is 9.39. The molecular weight excluding hydrogens is 494 g/mol. The number of guanidine groups is 1. The van der Waals surface area contributed by atoms with E-state index in [2.05, 4.69) is 39.6 Å². The van der Waals surface area contributed by atoms with Crippen LogP contribution in [0.3, 0.4) is 0 Å². The number of aromatic nitrogens is 3. The number of hydrogen-bond acceptors (Lipinski definition) is 3. The summed E-state index contributed by atoms with van der Waals surface area (Å²) in [4.78, 5) is 8.89. The topological polar surface area (TPSA) is 67.1 Å². The zero-order valence-electron chi connectivity index (χ0n) is 16.6. The van der Waals surface area contributed by atoms with Gasteiger partial charge in [-0.3, -0.25) is 4.99 Å². The van der Waals surface area contributed by atoms with Crippen molar-refractivity contribution in [3.8, 4) is 0 Å². The van der Waals surface area contributed by atoms with Gasteiger partial charge in [0.05, 0.1) is 6.04 Å². The SMILES string of the molecule is CN=C(NCC(C)(C)c1ccc(F)cc1Cl)NC1CCCn2nc(C)nc21.I. The molecule has 0 saturated carbocycles. The Morgan fingerprint density at radius 1 is 1.43 bits per heavy atom. The molecule has 1 atom stereocenters. The van der Waals surface area contributed by atoms with Gasteiger partial charge in [-0.1, -0.05) is 31.5 Å². The highest BCUT2D eigenvalue weighted by Gasteiger charge is 2.27. The Kier molecular flexibility index (Phi) is 7.66. The third kappa shape index (κ3) is 5.14. The smallest absolute Gasteiger partial charge is 0.191 e. The van der Waals surface area contributed by atoms with Gasteiger partial charge in [0.2, 0.25) is 0 Å². The summed E-state index contributed by atoms with van der Waals surface area (Å²) >= 11 is 6.25. The number of rotatable bonds is 4. The first-order valence-corrected chi connectivity index (χ1v) is 9.52. The third-order valence-electron chi connectivity index (χ3n) is 4.87. The zero-order chi connectivity index (χ0) is 19.6. The van der Waals surface area contributed by atoms with E-state index in [1.54, 1.807) is 13.1 Å². The fraction of sp³-hybridized carbons (Fsp3) is 0.526. The van der Waals surface area contributed by atoms with Crippen LogP contribution in [0.4, 0.5) is 4.39 Å². The minimum Gasteiger partial charge on any atom is -0.356 e. The van der Waals surface area contributed by atoms with Crippen LogP contribution in [0, 0.1) is 12.7 Å². The van der Waals surface area contributed by atoms with Gasteiger partial charge < -0.3 is 10.6 Å². The summed E-state index contributed by atoms with van der Waals surface area (Å²) < 4.78 is 15.3. The van der Waals surface area contributed by atoms with Crippen molar-refractivity contribution >= 4 is 41.5 Å². The van der Waals surface area contributed by atoms with E-state index >= 15 is 0 Å². The second-order valence-corrected chi connectivity index (χ2v) is 7.92. The molecule has 1 aliphatic rings. The Hall–Kier alpha value is -1.42. The monoisotopic (exact) mass is 520 g/mol. The van der Waals surface area contributed by atoms with Gasteiger partial charge in [-0.25, -0.2) is 14.1 Å². The summed E-state index contributed by atoms with van der Waals surface area (Å²) in [6.45, 7) is 7.53. The van der Waals surface area contributed by atoms with Crippen LogP contribution in [0.15, 0.2) is 23.2 Å². The molecule has 6 nitrogen and oxygen atoms in total. The largest absolute Gasteiger partial charge is 0.356 e. The molecule has 2 aromatic rings. The molecule has 9 heteroatoms. The lowest BCUT2D eigenvalue weighted by Gasteiger charge is -2.29. The summed E-state index contributed by atoms with van der Waals surface area (Å²) in [6, 6.07) is 4.60. The van der Waals surface area contributed by atoms with Crippen molar-refractivity contribution in [1.82, 2.24) is 25.4 Å². The van der Waals surface area contributed by atoms with Gasteiger partial charge in [0.15, 0.2) is 5.96 Å². The molecule has 1 unspecified atom stereocenters. The van der Waals surface area contributed by atoms with Crippen molar-refractivity contribution in [3.05, 3.63) is 46.3 Å². The van der Waals surface area contributed by atoms with Crippen molar-refractivity contribution in [2.75, 3.05) is 13.6 Å². The molecule has 0 radical (unpaired) electrons. The number of aliphatic imine (C=N–C) groups is 1. The van der Waals surface area contributed by atoms with E-state index in [0.717, 1.165) is 36.6 Å². The van der Waals surface area contributed by atoms with Crippen LogP contribution < -0.4 is 10.6 Å². The molecule has 1 aliphatic heterocycles. The van der Waals surface area contributed by atoms with Crippen LogP contribution in [-0.2, 0) is 12.0 Å². The van der Waals surface area contributed by atoms with Gasteiger partial charge in [0, 0.05) is 30.6 Å². The van der Waals surface area contributed by atoms with E-state index < -0.39 is 0 Å². The molecule has 154 valence electrons. The summed E-state index contributed by atoms with van der Waals surface area (Å²) in [7, 11) is 1.74. The minimum atomic E-state index is -0.332. The molecule has 1 aromatic heterocycles.